The monoisotopic (exact) mass is 396 g/mol. The third kappa shape index (κ3) is 5.51. The number of methoxy groups -OCH3 is 3. The van der Waals surface area contributed by atoms with Crippen molar-refractivity contribution in [2.75, 3.05) is 44.6 Å². The molecule has 1 N–H and O–H groups in total. The van der Waals surface area contributed by atoms with Gasteiger partial charge in [0.15, 0.2) is 11.5 Å². The lowest BCUT2D eigenvalue weighted by Gasteiger charge is -2.33. The van der Waals surface area contributed by atoms with E-state index in [1.165, 1.54) is 11.8 Å². The zero-order valence-corrected chi connectivity index (χ0v) is 17.2. The minimum absolute atomic E-state index is 0.187. The number of nitrogens with zero attached hydrogens (tertiary/aromatic N) is 1. The van der Waals surface area contributed by atoms with E-state index in [9.17, 15) is 4.79 Å². The molecule has 2 aromatic carbocycles. The smallest absolute Gasteiger partial charge is 0.248 e. The van der Waals surface area contributed by atoms with Gasteiger partial charge in [-0.15, -0.1) is 0 Å². The zero-order chi connectivity index (χ0) is 20.6. The molecule has 0 aliphatic carbocycles. The molecule has 1 saturated heterocycles. The first-order valence-electron chi connectivity index (χ1n) is 9.72. The molecule has 0 saturated carbocycles. The molecule has 6 heteroatoms. The SMILES string of the molecule is COc1ccc(/C=C/C(=O)Nc2ccc(N3CCC(OC)CC3)cc2)cc1OC. The summed E-state index contributed by atoms with van der Waals surface area (Å²) in [6, 6.07) is 13.4. The normalized spacial score (nSPS) is 14.8. The van der Waals surface area contributed by atoms with Crippen LogP contribution in [-0.4, -0.2) is 46.4 Å². The van der Waals surface area contributed by atoms with Gasteiger partial charge in [-0.2, -0.15) is 0 Å². The molecular weight excluding hydrogens is 368 g/mol. The molecule has 1 aliphatic heterocycles. The van der Waals surface area contributed by atoms with Crippen molar-refractivity contribution in [1.29, 1.82) is 0 Å². The fourth-order valence-corrected chi connectivity index (χ4v) is 3.42. The Kier molecular flexibility index (Phi) is 7.14. The highest BCUT2D eigenvalue weighted by molar-refractivity contribution is 6.02. The largest absolute Gasteiger partial charge is 0.493 e. The van der Waals surface area contributed by atoms with E-state index in [1.54, 1.807) is 27.4 Å². The molecule has 6 nitrogen and oxygen atoms in total. The zero-order valence-electron chi connectivity index (χ0n) is 17.2. The van der Waals surface area contributed by atoms with Crippen LogP contribution < -0.4 is 19.7 Å². The minimum atomic E-state index is -0.187. The summed E-state index contributed by atoms with van der Waals surface area (Å²) >= 11 is 0. The molecule has 0 bridgehead atoms. The Morgan fingerprint density at radius 1 is 1.00 bits per heavy atom. The van der Waals surface area contributed by atoms with Gasteiger partial charge in [0, 0.05) is 37.7 Å². The summed E-state index contributed by atoms with van der Waals surface area (Å²) in [5, 5.41) is 2.89. The third-order valence-corrected chi connectivity index (χ3v) is 5.11. The number of carbonyl (C=O) groups is 1. The van der Waals surface area contributed by atoms with Gasteiger partial charge in [-0.1, -0.05) is 6.07 Å². The van der Waals surface area contributed by atoms with Gasteiger partial charge < -0.3 is 24.4 Å². The number of hydrogen-bond donors (Lipinski definition) is 1. The van der Waals surface area contributed by atoms with Gasteiger partial charge in [0.2, 0.25) is 5.91 Å². The van der Waals surface area contributed by atoms with E-state index in [1.807, 2.05) is 42.5 Å². The molecule has 2 aromatic rings. The highest BCUT2D eigenvalue weighted by Crippen LogP contribution is 2.28. The van der Waals surface area contributed by atoms with Gasteiger partial charge in [0.05, 0.1) is 20.3 Å². The fraction of sp³-hybridized carbons (Fsp3) is 0.348. The molecule has 1 amide bonds. The molecule has 29 heavy (non-hydrogen) atoms. The molecule has 1 aliphatic rings. The minimum Gasteiger partial charge on any atom is -0.493 e. The van der Waals surface area contributed by atoms with Gasteiger partial charge in [-0.3, -0.25) is 4.79 Å². The fourth-order valence-electron chi connectivity index (χ4n) is 3.42. The number of benzene rings is 2. The second-order valence-electron chi connectivity index (χ2n) is 6.91. The average molecular weight is 396 g/mol. The van der Waals surface area contributed by atoms with Gasteiger partial charge in [0.25, 0.3) is 0 Å². The highest BCUT2D eigenvalue weighted by atomic mass is 16.5. The van der Waals surface area contributed by atoms with Gasteiger partial charge >= 0.3 is 0 Å². The van der Waals surface area contributed by atoms with Crippen LogP contribution in [0.1, 0.15) is 18.4 Å². The lowest BCUT2D eigenvalue weighted by atomic mass is 10.1. The molecule has 0 atom stereocenters. The van der Waals surface area contributed by atoms with Crippen molar-refractivity contribution in [3.05, 3.63) is 54.1 Å². The van der Waals surface area contributed by atoms with E-state index >= 15 is 0 Å². The van der Waals surface area contributed by atoms with Crippen LogP contribution in [-0.2, 0) is 9.53 Å². The first-order chi connectivity index (χ1) is 14.1. The summed E-state index contributed by atoms with van der Waals surface area (Å²) in [6.45, 7) is 1.97. The van der Waals surface area contributed by atoms with Crippen LogP contribution in [0.3, 0.4) is 0 Å². The number of carbonyl (C=O) groups excluding carboxylic acids is 1. The molecule has 0 radical (unpaired) electrons. The predicted molar refractivity (Wildman–Crippen MR) is 116 cm³/mol. The Balaban J connectivity index is 1.56. The summed E-state index contributed by atoms with van der Waals surface area (Å²) in [6.07, 6.45) is 5.68. The van der Waals surface area contributed by atoms with Gasteiger partial charge in [-0.25, -0.2) is 0 Å². The lowest BCUT2D eigenvalue weighted by molar-refractivity contribution is -0.111. The standard InChI is InChI=1S/C23H28N2O4/c1-27-20-12-14-25(15-13-20)19-8-6-18(7-9-19)24-23(26)11-5-17-4-10-21(28-2)22(16-17)29-3/h4-11,16,20H,12-15H2,1-3H3,(H,24,26)/b11-5+. The van der Waals surface area contributed by atoms with E-state index in [-0.39, 0.29) is 5.91 Å². The summed E-state index contributed by atoms with van der Waals surface area (Å²) in [5.41, 5.74) is 2.79. The molecule has 0 aromatic heterocycles. The van der Waals surface area contributed by atoms with Crippen molar-refractivity contribution < 1.29 is 19.0 Å². The molecule has 0 spiro atoms. The predicted octanol–water partition coefficient (Wildman–Crippen LogP) is 3.97. The highest BCUT2D eigenvalue weighted by Gasteiger charge is 2.18. The van der Waals surface area contributed by atoms with Gasteiger partial charge in [-0.05, 0) is 60.9 Å². The van der Waals surface area contributed by atoms with Crippen LogP contribution in [0, 0.1) is 0 Å². The number of amides is 1. The molecule has 1 heterocycles. The van der Waals surface area contributed by atoms with E-state index in [0.717, 1.165) is 37.2 Å². The van der Waals surface area contributed by atoms with Crippen LogP contribution in [0.25, 0.3) is 6.08 Å². The molecule has 3 rings (SSSR count). The van der Waals surface area contributed by atoms with Crippen LogP contribution in [0.2, 0.25) is 0 Å². The van der Waals surface area contributed by atoms with E-state index in [4.69, 9.17) is 14.2 Å². The van der Waals surface area contributed by atoms with Crippen molar-refractivity contribution in [3.63, 3.8) is 0 Å². The van der Waals surface area contributed by atoms with Crippen molar-refractivity contribution in [1.82, 2.24) is 0 Å². The van der Waals surface area contributed by atoms with Crippen molar-refractivity contribution in [2.24, 2.45) is 0 Å². The van der Waals surface area contributed by atoms with E-state index < -0.39 is 0 Å². The number of rotatable bonds is 7. The van der Waals surface area contributed by atoms with Crippen molar-refractivity contribution in [2.45, 2.75) is 18.9 Å². The number of anilines is 2. The van der Waals surface area contributed by atoms with Crippen LogP contribution in [0.15, 0.2) is 48.5 Å². The quantitative estimate of drug-likeness (QED) is 0.718. The Labute approximate surface area is 172 Å². The molecule has 154 valence electrons. The first kappa shape index (κ1) is 20.7. The van der Waals surface area contributed by atoms with Crippen molar-refractivity contribution in [3.8, 4) is 11.5 Å². The Hall–Kier alpha value is -2.99. The Bertz CT molecular complexity index is 840. The Morgan fingerprint density at radius 2 is 1.69 bits per heavy atom. The summed E-state index contributed by atoms with van der Waals surface area (Å²) in [5.74, 6) is 1.09. The number of hydrogen-bond acceptors (Lipinski definition) is 5. The molecule has 0 unspecified atom stereocenters. The Morgan fingerprint density at radius 3 is 2.31 bits per heavy atom. The van der Waals surface area contributed by atoms with Crippen molar-refractivity contribution >= 4 is 23.4 Å². The molecular formula is C23H28N2O4. The summed E-state index contributed by atoms with van der Waals surface area (Å²) in [4.78, 5) is 14.6. The lowest BCUT2D eigenvalue weighted by Crippen LogP contribution is -2.36. The first-order valence-corrected chi connectivity index (χ1v) is 9.72. The number of piperidine rings is 1. The average Bonchev–Trinajstić information content (AvgIpc) is 2.78. The topological polar surface area (TPSA) is 60.0 Å². The maximum absolute atomic E-state index is 12.2. The third-order valence-electron chi connectivity index (χ3n) is 5.11. The maximum Gasteiger partial charge on any atom is 0.248 e. The molecule has 1 fully saturated rings. The van der Waals surface area contributed by atoms with Crippen LogP contribution >= 0.6 is 0 Å². The second-order valence-corrected chi connectivity index (χ2v) is 6.91. The van der Waals surface area contributed by atoms with Gasteiger partial charge in [0.1, 0.15) is 0 Å². The maximum atomic E-state index is 12.2. The summed E-state index contributed by atoms with van der Waals surface area (Å²) < 4.78 is 15.9. The van der Waals surface area contributed by atoms with E-state index in [2.05, 4.69) is 10.2 Å². The van der Waals surface area contributed by atoms with Crippen LogP contribution in [0.4, 0.5) is 11.4 Å². The van der Waals surface area contributed by atoms with Crippen LogP contribution in [0.5, 0.6) is 11.5 Å². The number of ether oxygens (including phenoxy) is 3. The van der Waals surface area contributed by atoms with E-state index in [0.29, 0.717) is 17.6 Å². The second kappa shape index (κ2) is 9.98. The summed E-state index contributed by atoms with van der Waals surface area (Å²) in [7, 11) is 4.95. The number of nitrogens with one attached hydrogen (secondary N) is 1.